The number of amides is 1. The van der Waals surface area contributed by atoms with Gasteiger partial charge in [0.15, 0.2) is 0 Å². The van der Waals surface area contributed by atoms with Crippen LogP contribution in [0, 0.1) is 17.7 Å². The van der Waals surface area contributed by atoms with Gasteiger partial charge < -0.3 is 14.7 Å². The number of hydrogen-bond acceptors (Lipinski definition) is 3. The van der Waals surface area contributed by atoms with Gasteiger partial charge in [0.05, 0.1) is 23.1 Å². The van der Waals surface area contributed by atoms with E-state index in [9.17, 15) is 19.1 Å². The highest BCUT2D eigenvalue weighted by molar-refractivity contribution is 6.31. The number of carboxylic acids is 1. The van der Waals surface area contributed by atoms with Gasteiger partial charge in [0.2, 0.25) is 5.91 Å². The number of benzene rings is 1. The first kappa shape index (κ1) is 16.3. The number of carboxylic acid groups (broad SMARTS) is 1. The van der Waals surface area contributed by atoms with Gasteiger partial charge in [-0.2, -0.15) is 0 Å². The van der Waals surface area contributed by atoms with E-state index in [1.165, 1.54) is 23.1 Å². The summed E-state index contributed by atoms with van der Waals surface area (Å²) in [6.45, 7) is 3.74. The molecule has 1 aromatic carbocycles. The van der Waals surface area contributed by atoms with Gasteiger partial charge in [0.25, 0.3) is 0 Å². The van der Waals surface area contributed by atoms with Gasteiger partial charge in [-0.05, 0) is 24.6 Å². The highest BCUT2D eigenvalue weighted by Crippen LogP contribution is 2.56. The van der Waals surface area contributed by atoms with Crippen LogP contribution in [0.1, 0.15) is 6.42 Å². The second-order valence-corrected chi connectivity index (χ2v) is 6.89. The number of aliphatic carboxylic acids is 1. The normalized spacial score (nSPS) is 35.3. The molecule has 1 spiro atoms. The second kappa shape index (κ2) is 5.41. The Labute approximate surface area is 148 Å². The van der Waals surface area contributed by atoms with Crippen LogP contribution in [0.25, 0.3) is 0 Å². The lowest BCUT2D eigenvalue weighted by atomic mass is 9.74. The van der Waals surface area contributed by atoms with Crippen LogP contribution in [0.3, 0.4) is 0 Å². The third-order valence-electron chi connectivity index (χ3n) is 5.28. The third-order valence-corrected chi connectivity index (χ3v) is 5.57. The topological polar surface area (TPSA) is 66.8 Å². The van der Waals surface area contributed by atoms with Crippen LogP contribution in [-0.2, 0) is 14.3 Å². The van der Waals surface area contributed by atoms with Crippen LogP contribution < -0.4 is 4.90 Å². The molecule has 5 nitrogen and oxygen atoms in total. The minimum atomic E-state index is -1.06. The van der Waals surface area contributed by atoms with E-state index in [1.807, 2.05) is 0 Å². The van der Waals surface area contributed by atoms with E-state index in [1.54, 1.807) is 18.2 Å². The monoisotopic (exact) mass is 363 g/mol. The smallest absolute Gasteiger partial charge is 0.310 e. The van der Waals surface area contributed by atoms with Crippen LogP contribution in [0.2, 0.25) is 5.02 Å². The number of hydrogen-bond donors (Lipinski definition) is 1. The Balaban J connectivity index is 1.84. The average Bonchev–Trinajstić information content (AvgIpc) is 3.20. The maximum atomic E-state index is 13.5. The Morgan fingerprint density at radius 2 is 2.28 bits per heavy atom. The van der Waals surface area contributed by atoms with E-state index in [-0.39, 0.29) is 10.9 Å². The molecule has 0 radical (unpaired) electrons. The first-order valence-electron chi connectivity index (χ1n) is 7.89. The maximum Gasteiger partial charge on any atom is 0.310 e. The molecule has 7 heteroatoms. The summed E-state index contributed by atoms with van der Waals surface area (Å²) in [6.07, 6.45) is 4.95. The van der Waals surface area contributed by atoms with Crippen molar-refractivity contribution in [1.29, 1.82) is 0 Å². The molecule has 3 aliphatic rings. The number of rotatable bonds is 4. The van der Waals surface area contributed by atoms with E-state index in [4.69, 9.17) is 16.3 Å². The van der Waals surface area contributed by atoms with Crippen LogP contribution in [0.15, 0.2) is 43.0 Å². The van der Waals surface area contributed by atoms with E-state index in [2.05, 4.69) is 6.58 Å². The molecule has 2 bridgehead atoms. The number of carbonyl (C=O) groups is 2. The van der Waals surface area contributed by atoms with Crippen molar-refractivity contribution in [3.05, 3.63) is 53.8 Å². The number of fused-ring (bicyclic) bond motifs is 1. The molecule has 1 aromatic rings. The fourth-order valence-corrected chi connectivity index (χ4v) is 4.50. The predicted octanol–water partition coefficient (Wildman–Crippen LogP) is 2.79. The number of ether oxygens (including phenoxy) is 1. The van der Waals surface area contributed by atoms with Crippen molar-refractivity contribution in [3.63, 3.8) is 0 Å². The average molecular weight is 364 g/mol. The van der Waals surface area contributed by atoms with Crippen molar-refractivity contribution in [2.45, 2.75) is 24.2 Å². The molecule has 4 rings (SSSR count). The summed E-state index contributed by atoms with van der Waals surface area (Å²) >= 11 is 5.87. The highest BCUT2D eigenvalue weighted by Gasteiger charge is 2.71. The lowest BCUT2D eigenvalue weighted by Gasteiger charge is -2.32. The van der Waals surface area contributed by atoms with Crippen LogP contribution in [-0.4, -0.2) is 34.7 Å². The minimum absolute atomic E-state index is 0.104. The molecule has 2 saturated heterocycles. The van der Waals surface area contributed by atoms with Gasteiger partial charge in [-0.3, -0.25) is 9.59 Å². The van der Waals surface area contributed by atoms with Gasteiger partial charge >= 0.3 is 5.97 Å². The fourth-order valence-electron chi connectivity index (χ4n) is 4.32. The molecule has 3 heterocycles. The number of carbonyl (C=O) groups excluding carboxylic acids is 1. The largest absolute Gasteiger partial charge is 0.481 e. The molecular weight excluding hydrogens is 349 g/mol. The summed E-state index contributed by atoms with van der Waals surface area (Å²) in [5, 5.41) is 9.47. The summed E-state index contributed by atoms with van der Waals surface area (Å²) in [5.41, 5.74) is -0.600. The van der Waals surface area contributed by atoms with Crippen LogP contribution >= 0.6 is 11.6 Å². The first-order chi connectivity index (χ1) is 11.9. The summed E-state index contributed by atoms with van der Waals surface area (Å²) < 4.78 is 19.5. The quantitative estimate of drug-likeness (QED) is 0.835. The fraction of sp³-hybridized carbons (Fsp3) is 0.333. The van der Waals surface area contributed by atoms with Gasteiger partial charge in [0, 0.05) is 5.69 Å². The Hall–Kier alpha value is -2.18. The molecule has 3 unspecified atom stereocenters. The Bertz CT molecular complexity index is 825. The Kier molecular flexibility index (Phi) is 3.53. The Morgan fingerprint density at radius 3 is 2.92 bits per heavy atom. The molecule has 5 atom stereocenters. The van der Waals surface area contributed by atoms with Crippen molar-refractivity contribution in [2.24, 2.45) is 11.8 Å². The van der Waals surface area contributed by atoms with Crippen molar-refractivity contribution in [2.75, 3.05) is 4.90 Å². The van der Waals surface area contributed by atoms with Crippen molar-refractivity contribution in [3.8, 4) is 0 Å². The first-order valence-corrected chi connectivity index (χ1v) is 8.27. The molecule has 2 fully saturated rings. The second-order valence-electron chi connectivity index (χ2n) is 6.48. The van der Waals surface area contributed by atoms with Gasteiger partial charge in [-0.1, -0.05) is 29.8 Å². The molecule has 3 aliphatic heterocycles. The number of anilines is 1. The molecule has 1 N–H and O–H groups in total. The van der Waals surface area contributed by atoms with E-state index < -0.39 is 41.4 Å². The molecule has 0 aliphatic carbocycles. The zero-order valence-corrected chi connectivity index (χ0v) is 13.8. The molecule has 1 amide bonds. The van der Waals surface area contributed by atoms with Crippen LogP contribution in [0.5, 0.6) is 0 Å². The summed E-state index contributed by atoms with van der Waals surface area (Å²) in [4.78, 5) is 26.3. The van der Waals surface area contributed by atoms with Gasteiger partial charge in [-0.15, -0.1) is 6.58 Å². The summed E-state index contributed by atoms with van der Waals surface area (Å²) in [7, 11) is 0. The Morgan fingerprint density at radius 1 is 1.52 bits per heavy atom. The van der Waals surface area contributed by atoms with E-state index in [0.29, 0.717) is 12.1 Å². The SMILES string of the molecule is C=CCC1N(c2ccc(F)c(Cl)c2)C(=O)C2C(C(=O)O)[C@H]3C=C[C@]21O3. The number of nitrogens with zero attached hydrogens (tertiary/aromatic N) is 1. The van der Waals surface area contributed by atoms with Crippen LogP contribution in [0.4, 0.5) is 10.1 Å². The predicted molar refractivity (Wildman–Crippen MR) is 88.9 cm³/mol. The van der Waals surface area contributed by atoms with Gasteiger partial charge in [-0.25, -0.2) is 4.39 Å². The standard InChI is InChI=1S/C18H15ClFNO4/c1-2-3-13-18-7-6-12(25-18)14(17(23)24)15(18)16(22)21(13)9-4-5-11(20)10(19)8-9/h2,4-8,12-15H,1,3H2,(H,23,24)/t12-,13?,14?,15?,18-/m1/s1. The van der Waals surface area contributed by atoms with Crippen molar-refractivity contribution in [1.82, 2.24) is 0 Å². The third kappa shape index (κ3) is 2.04. The highest BCUT2D eigenvalue weighted by atomic mass is 35.5. The zero-order valence-electron chi connectivity index (χ0n) is 13.1. The maximum absolute atomic E-state index is 13.5. The van der Waals surface area contributed by atoms with Gasteiger partial charge in [0.1, 0.15) is 17.3 Å². The lowest BCUT2D eigenvalue weighted by molar-refractivity contribution is -0.146. The summed E-state index contributed by atoms with van der Waals surface area (Å²) in [6, 6.07) is 3.55. The van der Waals surface area contributed by atoms with Crippen molar-refractivity contribution < 1.29 is 23.8 Å². The zero-order chi connectivity index (χ0) is 17.9. The minimum Gasteiger partial charge on any atom is -0.481 e. The molecule has 0 aromatic heterocycles. The summed E-state index contributed by atoms with van der Waals surface area (Å²) in [5.74, 6) is -3.77. The molecular formula is C18H15ClFNO4. The van der Waals surface area contributed by atoms with E-state index in [0.717, 1.165) is 0 Å². The molecule has 25 heavy (non-hydrogen) atoms. The molecule has 0 saturated carbocycles. The molecule has 130 valence electrons. The number of halogens is 2. The lowest BCUT2D eigenvalue weighted by Crippen LogP contribution is -2.45. The van der Waals surface area contributed by atoms with Crippen molar-refractivity contribution >= 4 is 29.2 Å². The van der Waals surface area contributed by atoms with E-state index >= 15 is 0 Å².